The third-order valence-corrected chi connectivity index (χ3v) is 4.51. The van der Waals surface area contributed by atoms with E-state index in [9.17, 15) is 9.18 Å². The van der Waals surface area contributed by atoms with E-state index < -0.39 is 0 Å². The Balaban J connectivity index is 2.08. The average molecular weight is 337 g/mol. The fourth-order valence-corrected chi connectivity index (χ4v) is 3.20. The number of hydrogen-bond acceptors (Lipinski definition) is 2. The second-order valence-corrected chi connectivity index (χ2v) is 5.90. The first kappa shape index (κ1) is 13.5. The van der Waals surface area contributed by atoms with Gasteiger partial charge in [-0.15, -0.1) is 0 Å². The van der Waals surface area contributed by atoms with Gasteiger partial charge in [0, 0.05) is 11.5 Å². The van der Waals surface area contributed by atoms with Crippen molar-refractivity contribution in [1.29, 1.82) is 0 Å². The Hall–Kier alpha value is -1.49. The van der Waals surface area contributed by atoms with Gasteiger partial charge in [-0.05, 0) is 53.0 Å². The number of aromatic amines is 1. The summed E-state index contributed by atoms with van der Waals surface area (Å²) >= 11 is 3.34. The summed E-state index contributed by atoms with van der Waals surface area (Å²) in [7, 11) is 0. The van der Waals surface area contributed by atoms with Crippen molar-refractivity contribution in [3.8, 4) is 11.4 Å². The number of H-pyrrole nitrogens is 1. The molecular weight excluding hydrogens is 323 g/mol. The number of hydrogen-bond donors (Lipinski definition) is 1. The van der Waals surface area contributed by atoms with E-state index in [0.717, 1.165) is 24.1 Å². The molecule has 1 aromatic carbocycles. The van der Waals surface area contributed by atoms with Gasteiger partial charge >= 0.3 is 0 Å². The van der Waals surface area contributed by atoms with Crippen molar-refractivity contribution in [2.24, 2.45) is 0 Å². The Labute approximate surface area is 124 Å². The van der Waals surface area contributed by atoms with E-state index in [1.807, 2.05) is 0 Å². The summed E-state index contributed by atoms with van der Waals surface area (Å²) in [6.07, 6.45) is 4.49. The van der Waals surface area contributed by atoms with E-state index in [0.29, 0.717) is 16.2 Å². The monoisotopic (exact) mass is 336 g/mol. The summed E-state index contributed by atoms with van der Waals surface area (Å²) < 4.78 is 13.5. The lowest BCUT2D eigenvalue weighted by Gasteiger charge is -2.12. The van der Waals surface area contributed by atoms with Crippen LogP contribution in [0.1, 0.15) is 37.3 Å². The molecule has 1 fully saturated rings. The van der Waals surface area contributed by atoms with Crippen LogP contribution in [0.4, 0.5) is 4.39 Å². The van der Waals surface area contributed by atoms with E-state index in [1.54, 1.807) is 12.1 Å². The summed E-state index contributed by atoms with van der Waals surface area (Å²) in [4.78, 5) is 19.4. The van der Waals surface area contributed by atoms with Crippen molar-refractivity contribution in [3.63, 3.8) is 0 Å². The van der Waals surface area contributed by atoms with Crippen LogP contribution in [0.2, 0.25) is 0 Å². The molecule has 3 rings (SSSR count). The second-order valence-electron chi connectivity index (χ2n) is 5.10. The van der Waals surface area contributed by atoms with Gasteiger partial charge in [0.25, 0.3) is 5.56 Å². The third-order valence-electron chi connectivity index (χ3n) is 3.75. The lowest BCUT2D eigenvalue weighted by atomic mass is 10.0. The van der Waals surface area contributed by atoms with Crippen molar-refractivity contribution in [3.05, 3.63) is 50.6 Å². The third kappa shape index (κ3) is 2.54. The van der Waals surface area contributed by atoms with Gasteiger partial charge in [-0.2, -0.15) is 0 Å². The molecule has 2 aromatic rings. The SMILES string of the molecule is O=c1[nH]c(-c2ccc(F)cc2)nc(C2CCCC2)c1Br. The quantitative estimate of drug-likeness (QED) is 0.900. The summed E-state index contributed by atoms with van der Waals surface area (Å²) in [5.41, 5.74) is 1.36. The summed E-state index contributed by atoms with van der Waals surface area (Å²) in [6, 6.07) is 5.99. The molecule has 1 heterocycles. The molecule has 3 nitrogen and oxygen atoms in total. The van der Waals surface area contributed by atoms with Crippen LogP contribution in [0, 0.1) is 5.82 Å². The molecule has 1 saturated carbocycles. The van der Waals surface area contributed by atoms with Gasteiger partial charge in [0.1, 0.15) is 16.1 Å². The fourth-order valence-electron chi connectivity index (χ4n) is 2.69. The summed E-state index contributed by atoms with van der Waals surface area (Å²) in [5, 5.41) is 0. The van der Waals surface area contributed by atoms with Gasteiger partial charge < -0.3 is 4.98 Å². The van der Waals surface area contributed by atoms with Gasteiger partial charge in [-0.25, -0.2) is 9.37 Å². The van der Waals surface area contributed by atoms with Crippen LogP contribution in [0.3, 0.4) is 0 Å². The molecule has 1 aliphatic carbocycles. The molecule has 1 aliphatic rings. The highest BCUT2D eigenvalue weighted by molar-refractivity contribution is 9.10. The Bertz CT molecular complexity index is 675. The number of aromatic nitrogens is 2. The Morgan fingerprint density at radius 2 is 1.85 bits per heavy atom. The summed E-state index contributed by atoms with van der Waals surface area (Å²) in [5.74, 6) is 0.537. The zero-order chi connectivity index (χ0) is 14.1. The summed E-state index contributed by atoms with van der Waals surface area (Å²) in [6.45, 7) is 0. The van der Waals surface area contributed by atoms with Crippen molar-refractivity contribution in [2.75, 3.05) is 0 Å². The van der Waals surface area contributed by atoms with Crippen LogP contribution >= 0.6 is 15.9 Å². The minimum absolute atomic E-state index is 0.179. The highest BCUT2D eigenvalue weighted by Gasteiger charge is 2.23. The first-order valence-corrected chi connectivity index (χ1v) is 7.50. The lowest BCUT2D eigenvalue weighted by Crippen LogP contribution is -2.15. The zero-order valence-electron chi connectivity index (χ0n) is 10.8. The molecule has 0 amide bonds. The molecule has 0 aliphatic heterocycles. The molecule has 0 atom stereocenters. The minimum atomic E-state index is -0.302. The Kier molecular flexibility index (Phi) is 3.70. The number of nitrogens with one attached hydrogen (secondary N) is 1. The first-order chi connectivity index (χ1) is 9.65. The standard InChI is InChI=1S/C15H14BrFN2O/c16-12-13(9-3-1-2-4-9)18-14(19-15(12)20)10-5-7-11(17)8-6-10/h5-9H,1-4H2,(H,18,19,20). The van der Waals surface area contributed by atoms with Crippen LogP contribution < -0.4 is 5.56 Å². The molecule has 1 aromatic heterocycles. The van der Waals surface area contributed by atoms with E-state index in [4.69, 9.17) is 0 Å². The molecule has 0 unspecified atom stereocenters. The van der Waals surface area contributed by atoms with E-state index in [-0.39, 0.29) is 11.4 Å². The van der Waals surface area contributed by atoms with Crippen LogP contribution in [0.5, 0.6) is 0 Å². The molecule has 0 saturated heterocycles. The van der Waals surface area contributed by atoms with Crippen molar-refractivity contribution in [1.82, 2.24) is 9.97 Å². The van der Waals surface area contributed by atoms with Crippen molar-refractivity contribution >= 4 is 15.9 Å². The molecule has 104 valence electrons. The fraction of sp³-hybridized carbons (Fsp3) is 0.333. The maximum atomic E-state index is 13.0. The van der Waals surface area contributed by atoms with E-state index >= 15 is 0 Å². The smallest absolute Gasteiger partial charge is 0.265 e. The van der Waals surface area contributed by atoms with Crippen molar-refractivity contribution in [2.45, 2.75) is 31.6 Å². The molecule has 0 radical (unpaired) electrons. The van der Waals surface area contributed by atoms with Gasteiger partial charge in [-0.3, -0.25) is 4.79 Å². The van der Waals surface area contributed by atoms with Gasteiger partial charge in [0.05, 0.1) is 5.69 Å². The molecule has 5 heteroatoms. The predicted molar refractivity (Wildman–Crippen MR) is 79.2 cm³/mol. The van der Waals surface area contributed by atoms with Gasteiger partial charge in [-0.1, -0.05) is 12.8 Å². The van der Waals surface area contributed by atoms with Crippen LogP contribution in [-0.2, 0) is 0 Å². The van der Waals surface area contributed by atoms with Gasteiger partial charge in [0.15, 0.2) is 0 Å². The van der Waals surface area contributed by atoms with E-state index in [1.165, 1.54) is 25.0 Å². The molecule has 20 heavy (non-hydrogen) atoms. The Morgan fingerprint density at radius 3 is 2.50 bits per heavy atom. The highest BCUT2D eigenvalue weighted by atomic mass is 79.9. The van der Waals surface area contributed by atoms with Crippen LogP contribution in [-0.4, -0.2) is 9.97 Å². The maximum absolute atomic E-state index is 13.0. The second kappa shape index (κ2) is 5.48. The number of nitrogens with zero attached hydrogens (tertiary/aromatic N) is 1. The number of rotatable bonds is 2. The predicted octanol–water partition coefficient (Wildman–Crippen LogP) is 4.00. The average Bonchev–Trinajstić information content (AvgIpc) is 2.96. The number of benzene rings is 1. The largest absolute Gasteiger partial charge is 0.306 e. The number of halogens is 2. The van der Waals surface area contributed by atoms with Crippen LogP contribution in [0.15, 0.2) is 33.5 Å². The Morgan fingerprint density at radius 1 is 1.20 bits per heavy atom. The minimum Gasteiger partial charge on any atom is -0.306 e. The van der Waals surface area contributed by atoms with E-state index in [2.05, 4.69) is 25.9 Å². The van der Waals surface area contributed by atoms with Crippen molar-refractivity contribution < 1.29 is 4.39 Å². The highest BCUT2D eigenvalue weighted by Crippen LogP contribution is 2.35. The maximum Gasteiger partial charge on any atom is 0.265 e. The zero-order valence-corrected chi connectivity index (χ0v) is 12.4. The normalized spacial score (nSPS) is 15.7. The topological polar surface area (TPSA) is 45.8 Å². The molecule has 0 spiro atoms. The molecule has 0 bridgehead atoms. The molecule has 1 N–H and O–H groups in total. The van der Waals surface area contributed by atoms with Gasteiger partial charge in [0.2, 0.25) is 0 Å². The first-order valence-electron chi connectivity index (χ1n) is 6.71. The molecular formula is C15H14BrFN2O. The lowest BCUT2D eigenvalue weighted by molar-refractivity contribution is 0.628. The van der Waals surface area contributed by atoms with Crippen LogP contribution in [0.25, 0.3) is 11.4 Å².